The lowest BCUT2D eigenvalue weighted by Gasteiger charge is -2.21. The van der Waals surface area contributed by atoms with Crippen molar-refractivity contribution in [1.29, 1.82) is 0 Å². The molecule has 1 aliphatic heterocycles. The van der Waals surface area contributed by atoms with Crippen LogP contribution in [0.4, 0.5) is 4.79 Å². The highest BCUT2D eigenvalue weighted by atomic mass is 32.2. The topological polar surface area (TPSA) is 67.8 Å². The SMILES string of the molecule is CC(C)[C@H](NC(=O)OCc1ccccc1)C1=NC(C)(C)C(=O)S1. The van der Waals surface area contributed by atoms with Gasteiger partial charge in [-0.3, -0.25) is 9.79 Å². The van der Waals surface area contributed by atoms with E-state index in [-0.39, 0.29) is 23.7 Å². The van der Waals surface area contributed by atoms with E-state index in [2.05, 4.69) is 10.3 Å². The quantitative estimate of drug-likeness (QED) is 0.896. The number of hydrogen-bond donors (Lipinski definition) is 1. The number of benzene rings is 1. The molecule has 1 heterocycles. The van der Waals surface area contributed by atoms with E-state index in [1.807, 2.05) is 44.2 Å². The Balaban J connectivity index is 1.97. The van der Waals surface area contributed by atoms with E-state index in [4.69, 9.17) is 4.74 Å². The third kappa shape index (κ3) is 4.58. The summed E-state index contributed by atoms with van der Waals surface area (Å²) in [5.74, 6) is 0.104. The molecule has 5 nitrogen and oxygen atoms in total. The summed E-state index contributed by atoms with van der Waals surface area (Å²) in [6.45, 7) is 7.71. The Labute approximate surface area is 140 Å². The van der Waals surface area contributed by atoms with Gasteiger partial charge in [-0.15, -0.1) is 0 Å². The molecule has 0 aliphatic carbocycles. The standard InChI is InChI=1S/C17H22N2O3S/c1-11(2)13(14-19-17(3,4)15(20)23-14)18-16(21)22-10-12-8-6-5-7-9-12/h5-9,11,13H,10H2,1-4H3,(H,18,21)/t13-/m0/s1. The molecule has 0 bridgehead atoms. The lowest BCUT2D eigenvalue weighted by molar-refractivity contribution is -0.114. The number of nitrogens with one attached hydrogen (secondary N) is 1. The number of carbonyl (C=O) groups is 2. The Hall–Kier alpha value is -1.82. The largest absolute Gasteiger partial charge is 0.445 e. The van der Waals surface area contributed by atoms with Gasteiger partial charge in [0.1, 0.15) is 12.1 Å². The van der Waals surface area contributed by atoms with Crippen LogP contribution in [0.5, 0.6) is 0 Å². The minimum Gasteiger partial charge on any atom is -0.445 e. The van der Waals surface area contributed by atoms with Gasteiger partial charge in [-0.1, -0.05) is 44.2 Å². The van der Waals surface area contributed by atoms with Crippen LogP contribution in [0.1, 0.15) is 33.3 Å². The van der Waals surface area contributed by atoms with Crippen molar-refractivity contribution in [3.8, 4) is 0 Å². The Morgan fingerprint density at radius 2 is 1.96 bits per heavy atom. The van der Waals surface area contributed by atoms with E-state index in [1.165, 1.54) is 0 Å². The van der Waals surface area contributed by atoms with Gasteiger partial charge in [-0.2, -0.15) is 0 Å². The second kappa shape index (κ2) is 7.17. The molecular formula is C17H22N2O3S. The molecule has 0 saturated heterocycles. The number of nitrogens with zero attached hydrogens (tertiary/aromatic N) is 1. The molecule has 6 heteroatoms. The fourth-order valence-electron chi connectivity index (χ4n) is 2.10. The smallest absolute Gasteiger partial charge is 0.408 e. The Bertz CT molecular complexity index is 612. The molecule has 1 N–H and O–H groups in total. The van der Waals surface area contributed by atoms with Crippen molar-refractivity contribution < 1.29 is 14.3 Å². The van der Waals surface area contributed by atoms with E-state index in [1.54, 1.807) is 13.8 Å². The van der Waals surface area contributed by atoms with Crippen molar-refractivity contribution >= 4 is 28.0 Å². The van der Waals surface area contributed by atoms with Crippen molar-refractivity contribution in [3.63, 3.8) is 0 Å². The maximum absolute atomic E-state index is 12.0. The number of rotatable bonds is 5. The van der Waals surface area contributed by atoms with Crippen LogP contribution in [-0.4, -0.2) is 27.8 Å². The minimum atomic E-state index is -0.733. The molecule has 0 spiro atoms. The molecule has 23 heavy (non-hydrogen) atoms. The summed E-state index contributed by atoms with van der Waals surface area (Å²) in [7, 11) is 0. The molecule has 1 atom stereocenters. The highest BCUT2D eigenvalue weighted by molar-refractivity contribution is 8.27. The van der Waals surface area contributed by atoms with Crippen molar-refractivity contribution in [2.75, 3.05) is 0 Å². The molecule has 0 radical (unpaired) electrons. The highest BCUT2D eigenvalue weighted by Crippen LogP contribution is 2.31. The monoisotopic (exact) mass is 334 g/mol. The Kier molecular flexibility index (Phi) is 5.46. The molecule has 0 unspecified atom stereocenters. The number of carbonyl (C=O) groups excluding carboxylic acids is 2. The van der Waals surface area contributed by atoms with E-state index in [0.29, 0.717) is 5.04 Å². The summed E-state index contributed by atoms with van der Waals surface area (Å²) in [6, 6.07) is 9.16. The van der Waals surface area contributed by atoms with E-state index >= 15 is 0 Å². The van der Waals surface area contributed by atoms with Gasteiger partial charge in [0.05, 0.1) is 11.1 Å². The minimum absolute atomic E-state index is 0.00222. The maximum Gasteiger partial charge on any atom is 0.408 e. The van der Waals surface area contributed by atoms with Gasteiger partial charge in [0.15, 0.2) is 0 Å². The molecular weight excluding hydrogens is 312 g/mol. The molecule has 1 amide bonds. The van der Waals surface area contributed by atoms with Gasteiger partial charge < -0.3 is 10.1 Å². The zero-order chi connectivity index (χ0) is 17.0. The van der Waals surface area contributed by atoms with Crippen LogP contribution in [-0.2, 0) is 16.1 Å². The maximum atomic E-state index is 12.0. The van der Waals surface area contributed by atoms with Gasteiger partial charge in [-0.05, 0) is 37.1 Å². The van der Waals surface area contributed by atoms with Crippen LogP contribution in [0.25, 0.3) is 0 Å². The third-order valence-corrected chi connectivity index (χ3v) is 4.74. The van der Waals surface area contributed by atoms with Crippen LogP contribution >= 0.6 is 11.8 Å². The number of aliphatic imine (C=N–C) groups is 1. The number of thioether (sulfide) groups is 1. The van der Waals surface area contributed by atoms with Crippen LogP contribution < -0.4 is 5.32 Å². The van der Waals surface area contributed by atoms with Crippen LogP contribution in [0.15, 0.2) is 35.3 Å². The molecule has 124 valence electrons. The molecule has 1 aromatic carbocycles. The molecule has 0 aromatic heterocycles. The number of ether oxygens (including phenoxy) is 1. The normalized spacial score (nSPS) is 17.8. The summed E-state index contributed by atoms with van der Waals surface area (Å²) < 4.78 is 5.25. The van der Waals surface area contributed by atoms with Gasteiger partial charge in [0.2, 0.25) is 5.12 Å². The van der Waals surface area contributed by atoms with Gasteiger partial charge >= 0.3 is 6.09 Å². The first-order valence-electron chi connectivity index (χ1n) is 7.59. The van der Waals surface area contributed by atoms with E-state index in [0.717, 1.165) is 17.3 Å². The van der Waals surface area contributed by atoms with E-state index < -0.39 is 11.6 Å². The van der Waals surface area contributed by atoms with Gasteiger partial charge in [-0.25, -0.2) is 4.79 Å². The summed E-state index contributed by atoms with van der Waals surface area (Å²) in [5, 5.41) is 3.46. The first kappa shape index (κ1) is 17.5. The second-order valence-electron chi connectivity index (χ2n) is 6.33. The van der Waals surface area contributed by atoms with Crippen LogP contribution in [0, 0.1) is 5.92 Å². The van der Waals surface area contributed by atoms with Gasteiger partial charge in [0.25, 0.3) is 0 Å². The number of hydrogen-bond acceptors (Lipinski definition) is 5. The average Bonchev–Trinajstić information content (AvgIpc) is 2.77. The number of amides is 1. The molecule has 1 aromatic rings. The first-order valence-corrected chi connectivity index (χ1v) is 8.40. The van der Waals surface area contributed by atoms with Gasteiger partial charge in [0, 0.05) is 0 Å². The predicted octanol–water partition coefficient (Wildman–Crippen LogP) is 3.39. The fraction of sp³-hybridized carbons (Fsp3) is 0.471. The van der Waals surface area contributed by atoms with E-state index in [9.17, 15) is 9.59 Å². The highest BCUT2D eigenvalue weighted by Gasteiger charge is 2.39. The average molecular weight is 334 g/mol. The summed E-state index contributed by atoms with van der Waals surface area (Å²) in [5.41, 5.74) is 0.190. The Morgan fingerprint density at radius 3 is 2.48 bits per heavy atom. The first-order chi connectivity index (χ1) is 10.8. The molecule has 0 fully saturated rings. The van der Waals surface area contributed by atoms with Crippen LogP contribution in [0.3, 0.4) is 0 Å². The summed E-state index contributed by atoms with van der Waals surface area (Å²) >= 11 is 1.11. The fourth-order valence-corrected chi connectivity index (χ4v) is 3.32. The third-order valence-electron chi connectivity index (χ3n) is 3.51. The summed E-state index contributed by atoms with van der Waals surface area (Å²) in [6.07, 6.45) is -0.506. The molecule has 2 rings (SSSR count). The van der Waals surface area contributed by atoms with Crippen molar-refractivity contribution in [3.05, 3.63) is 35.9 Å². The lowest BCUT2D eigenvalue weighted by atomic mass is 10.0. The predicted molar refractivity (Wildman–Crippen MR) is 92.5 cm³/mol. The zero-order valence-corrected chi connectivity index (χ0v) is 14.6. The number of alkyl carbamates (subject to hydrolysis) is 1. The summed E-state index contributed by atoms with van der Waals surface area (Å²) in [4.78, 5) is 28.4. The second-order valence-corrected chi connectivity index (χ2v) is 7.32. The Morgan fingerprint density at radius 1 is 1.30 bits per heavy atom. The zero-order valence-electron chi connectivity index (χ0n) is 13.8. The lowest BCUT2D eigenvalue weighted by Crippen LogP contribution is -2.43. The van der Waals surface area contributed by atoms with Crippen molar-refractivity contribution in [2.45, 2.75) is 45.9 Å². The van der Waals surface area contributed by atoms with Crippen molar-refractivity contribution in [2.24, 2.45) is 10.9 Å². The van der Waals surface area contributed by atoms with Crippen molar-refractivity contribution in [1.82, 2.24) is 5.32 Å². The molecule has 1 aliphatic rings. The van der Waals surface area contributed by atoms with Crippen LogP contribution in [0.2, 0.25) is 0 Å². The molecule has 0 saturated carbocycles.